The Hall–Kier alpha value is -1.63. The number of halogens is 2. The van der Waals surface area contributed by atoms with Gasteiger partial charge in [-0.1, -0.05) is 23.2 Å². The Morgan fingerprint density at radius 1 is 1.28 bits per heavy atom. The summed E-state index contributed by atoms with van der Waals surface area (Å²) in [5.74, 6) is -0.783. The number of pyridine rings is 1. The van der Waals surface area contributed by atoms with Crippen molar-refractivity contribution in [3.8, 4) is 0 Å². The summed E-state index contributed by atoms with van der Waals surface area (Å²) in [7, 11) is 0. The van der Waals surface area contributed by atoms with Crippen molar-refractivity contribution in [2.75, 3.05) is 11.9 Å². The van der Waals surface area contributed by atoms with Crippen LogP contribution < -0.4 is 5.32 Å². The first-order valence-electron chi connectivity index (χ1n) is 7.63. The molecule has 0 fully saturated rings. The number of nitrogens with zero attached hydrogens (tertiary/aromatic N) is 1. The van der Waals surface area contributed by atoms with E-state index < -0.39 is 5.97 Å². The maximum absolute atomic E-state index is 12.4. The van der Waals surface area contributed by atoms with Gasteiger partial charge in [-0.3, -0.25) is 4.79 Å². The lowest BCUT2D eigenvalue weighted by Gasteiger charge is -2.09. The van der Waals surface area contributed by atoms with E-state index in [9.17, 15) is 9.59 Å². The normalized spacial score (nSPS) is 10.6. The number of ether oxygens (including phenoxy) is 1. The zero-order valence-electron chi connectivity index (χ0n) is 14.3. The summed E-state index contributed by atoms with van der Waals surface area (Å²) in [4.78, 5) is 29.6. The summed E-state index contributed by atoms with van der Waals surface area (Å²) in [5.41, 5.74) is 2.31. The van der Waals surface area contributed by atoms with Gasteiger partial charge in [0.15, 0.2) is 0 Å². The number of rotatable bonds is 5. The average Bonchev–Trinajstić information content (AvgIpc) is 2.77. The number of anilines is 1. The molecule has 2 heterocycles. The third-order valence-corrected chi connectivity index (χ3v) is 5.38. The van der Waals surface area contributed by atoms with Crippen molar-refractivity contribution >= 4 is 51.4 Å². The number of amides is 1. The number of aryl methyl sites for hydroxylation is 2. The molecular weight excluding hydrogens is 383 g/mol. The van der Waals surface area contributed by atoms with E-state index in [-0.39, 0.29) is 24.1 Å². The van der Waals surface area contributed by atoms with E-state index in [1.54, 1.807) is 19.9 Å². The monoisotopic (exact) mass is 400 g/mol. The fourth-order valence-electron chi connectivity index (χ4n) is 2.28. The minimum Gasteiger partial charge on any atom is -0.462 e. The first-order valence-corrected chi connectivity index (χ1v) is 9.20. The van der Waals surface area contributed by atoms with Crippen molar-refractivity contribution in [2.24, 2.45) is 0 Å². The molecule has 0 atom stereocenters. The average molecular weight is 401 g/mol. The van der Waals surface area contributed by atoms with Crippen LogP contribution in [-0.4, -0.2) is 23.5 Å². The fraction of sp³-hybridized carbons (Fsp3) is 0.353. The van der Waals surface area contributed by atoms with Crippen LogP contribution in [0.1, 0.15) is 39.0 Å². The number of nitrogens with one attached hydrogen (secondary N) is 1. The zero-order chi connectivity index (χ0) is 18.7. The van der Waals surface area contributed by atoms with Gasteiger partial charge in [0, 0.05) is 21.2 Å². The molecule has 1 N–H and O–H groups in total. The molecule has 2 aromatic rings. The van der Waals surface area contributed by atoms with Crippen molar-refractivity contribution in [3.05, 3.63) is 43.5 Å². The predicted octanol–water partition coefficient (Wildman–Crippen LogP) is 4.73. The van der Waals surface area contributed by atoms with Crippen LogP contribution in [0, 0.1) is 20.8 Å². The maximum Gasteiger partial charge on any atom is 0.341 e. The van der Waals surface area contributed by atoms with Crippen LogP contribution in [0.15, 0.2) is 6.07 Å². The van der Waals surface area contributed by atoms with Gasteiger partial charge in [0.1, 0.15) is 10.2 Å². The first-order chi connectivity index (χ1) is 11.7. The molecule has 2 aromatic heterocycles. The number of hydrogen-bond acceptors (Lipinski definition) is 5. The van der Waals surface area contributed by atoms with Crippen LogP contribution in [0.2, 0.25) is 10.2 Å². The first kappa shape index (κ1) is 19.7. The van der Waals surface area contributed by atoms with E-state index in [2.05, 4.69) is 10.3 Å². The summed E-state index contributed by atoms with van der Waals surface area (Å²) in [6.45, 7) is 7.48. The van der Waals surface area contributed by atoms with Crippen LogP contribution in [0.25, 0.3) is 0 Å². The third-order valence-electron chi connectivity index (χ3n) is 3.60. The van der Waals surface area contributed by atoms with Crippen LogP contribution in [0.3, 0.4) is 0 Å². The van der Waals surface area contributed by atoms with Gasteiger partial charge in [0.2, 0.25) is 5.91 Å². The maximum atomic E-state index is 12.4. The van der Waals surface area contributed by atoms with Gasteiger partial charge in [0.25, 0.3) is 0 Å². The summed E-state index contributed by atoms with van der Waals surface area (Å²) >= 11 is 13.6. The molecule has 0 saturated heterocycles. The molecule has 1 amide bonds. The summed E-state index contributed by atoms with van der Waals surface area (Å²) < 4.78 is 5.08. The number of thiophene rings is 1. The van der Waals surface area contributed by atoms with Gasteiger partial charge in [-0.05, 0) is 39.3 Å². The second-order valence-electron chi connectivity index (χ2n) is 5.45. The zero-order valence-corrected chi connectivity index (χ0v) is 16.7. The Labute approximate surface area is 160 Å². The van der Waals surface area contributed by atoms with E-state index in [0.29, 0.717) is 26.8 Å². The Morgan fingerprint density at radius 3 is 2.56 bits per heavy atom. The minimum absolute atomic E-state index is 0.0385. The van der Waals surface area contributed by atoms with Crippen LogP contribution >= 0.6 is 34.5 Å². The highest BCUT2D eigenvalue weighted by atomic mass is 35.5. The Kier molecular flexibility index (Phi) is 6.43. The van der Waals surface area contributed by atoms with E-state index in [0.717, 1.165) is 10.4 Å². The van der Waals surface area contributed by atoms with Crippen molar-refractivity contribution in [1.82, 2.24) is 4.98 Å². The minimum atomic E-state index is -0.451. The van der Waals surface area contributed by atoms with E-state index in [4.69, 9.17) is 27.9 Å². The lowest BCUT2D eigenvalue weighted by Crippen LogP contribution is -2.17. The fourth-order valence-corrected chi connectivity index (χ4v) is 4.01. The molecule has 134 valence electrons. The van der Waals surface area contributed by atoms with E-state index >= 15 is 0 Å². The van der Waals surface area contributed by atoms with E-state index in [1.165, 1.54) is 11.3 Å². The third kappa shape index (κ3) is 4.51. The van der Waals surface area contributed by atoms with Gasteiger partial charge < -0.3 is 10.1 Å². The summed E-state index contributed by atoms with van der Waals surface area (Å²) in [5, 5.41) is 3.81. The number of hydrogen-bond donors (Lipinski definition) is 1. The van der Waals surface area contributed by atoms with Gasteiger partial charge in [-0.25, -0.2) is 9.78 Å². The van der Waals surface area contributed by atoms with Crippen LogP contribution in [0.4, 0.5) is 5.00 Å². The standard InChI is InChI=1S/C17H18Cl2N2O3S/c1-5-24-17(23)14-9(3)10(4)25-16(14)21-13(22)7-11-12(18)6-8(2)20-15(11)19/h6H,5,7H2,1-4H3,(H,21,22). The summed E-state index contributed by atoms with van der Waals surface area (Å²) in [6, 6.07) is 1.65. The lowest BCUT2D eigenvalue weighted by molar-refractivity contribution is -0.115. The van der Waals surface area contributed by atoms with Gasteiger partial charge >= 0.3 is 5.97 Å². The molecule has 0 aromatic carbocycles. The molecule has 0 aliphatic heterocycles. The number of carbonyl (C=O) groups is 2. The molecule has 2 rings (SSSR count). The smallest absolute Gasteiger partial charge is 0.341 e. The second-order valence-corrected chi connectivity index (χ2v) is 7.44. The van der Waals surface area contributed by atoms with Crippen molar-refractivity contribution < 1.29 is 14.3 Å². The topological polar surface area (TPSA) is 68.3 Å². The molecule has 0 saturated carbocycles. The predicted molar refractivity (Wildman–Crippen MR) is 101 cm³/mol. The number of carbonyl (C=O) groups excluding carboxylic acids is 2. The molecule has 0 aliphatic carbocycles. The Balaban J connectivity index is 2.25. The van der Waals surface area contributed by atoms with Crippen molar-refractivity contribution in [2.45, 2.75) is 34.1 Å². The van der Waals surface area contributed by atoms with Gasteiger partial charge in [0.05, 0.1) is 18.6 Å². The lowest BCUT2D eigenvalue weighted by atomic mass is 10.1. The molecule has 0 bridgehead atoms. The van der Waals surface area contributed by atoms with Crippen molar-refractivity contribution in [1.29, 1.82) is 0 Å². The quantitative estimate of drug-likeness (QED) is 0.581. The highest BCUT2D eigenvalue weighted by molar-refractivity contribution is 7.16. The second kappa shape index (κ2) is 8.17. The number of aromatic nitrogens is 1. The largest absolute Gasteiger partial charge is 0.462 e. The molecular formula is C17H18Cl2N2O3S. The van der Waals surface area contributed by atoms with Crippen LogP contribution in [0.5, 0.6) is 0 Å². The summed E-state index contributed by atoms with van der Waals surface area (Å²) in [6.07, 6.45) is -0.0385. The SMILES string of the molecule is CCOC(=O)c1c(NC(=O)Cc2c(Cl)cc(C)nc2Cl)sc(C)c1C. The Bertz CT molecular complexity index is 811. The highest BCUT2D eigenvalue weighted by Crippen LogP contribution is 2.33. The van der Waals surface area contributed by atoms with Crippen molar-refractivity contribution in [3.63, 3.8) is 0 Å². The highest BCUT2D eigenvalue weighted by Gasteiger charge is 2.22. The molecule has 5 nitrogen and oxygen atoms in total. The van der Waals surface area contributed by atoms with Gasteiger partial charge in [-0.15, -0.1) is 11.3 Å². The molecule has 0 spiro atoms. The molecule has 0 aliphatic rings. The van der Waals surface area contributed by atoms with Gasteiger partial charge in [-0.2, -0.15) is 0 Å². The van der Waals surface area contributed by atoms with E-state index in [1.807, 2.05) is 13.8 Å². The molecule has 0 radical (unpaired) electrons. The van der Waals surface area contributed by atoms with Crippen LogP contribution in [-0.2, 0) is 16.0 Å². The number of esters is 1. The molecule has 8 heteroatoms. The molecule has 25 heavy (non-hydrogen) atoms. The Morgan fingerprint density at radius 2 is 1.96 bits per heavy atom. The molecule has 0 unspecified atom stereocenters.